The Kier molecular flexibility index (Phi) is 5.19. The van der Waals surface area contributed by atoms with Crippen LogP contribution in [0.25, 0.3) is 16.6 Å². The molecular weight excluding hydrogens is 386 g/mol. The van der Waals surface area contributed by atoms with Crippen LogP contribution in [-0.4, -0.2) is 37.1 Å². The predicted molar refractivity (Wildman–Crippen MR) is 112 cm³/mol. The highest BCUT2D eigenvalue weighted by Crippen LogP contribution is 2.29. The van der Waals surface area contributed by atoms with Gasteiger partial charge in [-0.2, -0.15) is 0 Å². The third-order valence-electron chi connectivity index (χ3n) is 4.70. The summed E-state index contributed by atoms with van der Waals surface area (Å²) in [6.45, 7) is 7.92. The van der Waals surface area contributed by atoms with Gasteiger partial charge in [0.2, 0.25) is 0 Å². The van der Waals surface area contributed by atoms with Crippen LogP contribution in [0.1, 0.15) is 40.1 Å². The molecule has 7 nitrogen and oxygen atoms in total. The number of benzene rings is 1. The van der Waals surface area contributed by atoms with Crippen LogP contribution in [0.15, 0.2) is 35.5 Å². The van der Waals surface area contributed by atoms with Crippen molar-refractivity contribution in [3.8, 4) is 0 Å². The summed E-state index contributed by atoms with van der Waals surface area (Å²) in [7, 11) is 0. The Morgan fingerprint density at radius 3 is 2.72 bits per heavy atom. The van der Waals surface area contributed by atoms with Crippen molar-refractivity contribution in [2.24, 2.45) is 0 Å². The first-order chi connectivity index (χ1) is 14.0. The zero-order valence-corrected chi connectivity index (χ0v) is 17.6. The molecule has 0 atom stereocenters. The molecule has 0 aliphatic carbocycles. The van der Waals surface area contributed by atoms with Gasteiger partial charge in [-0.15, -0.1) is 10.2 Å². The van der Waals surface area contributed by atoms with E-state index in [2.05, 4.69) is 15.2 Å². The van der Waals surface area contributed by atoms with E-state index in [0.29, 0.717) is 28.8 Å². The van der Waals surface area contributed by atoms with Crippen molar-refractivity contribution in [2.45, 2.75) is 38.6 Å². The summed E-state index contributed by atoms with van der Waals surface area (Å²) < 4.78 is 7.22. The van der Waals surface area contributed by atoms with Gasteiger partial charge in [0.05, 0.1) is 23.4 Å². The maximum absolute atomic E-state index is 12.7. The van der Waals surface area contributed by atoms with Crippen LogP contribution < -0.4 is 0 Å². The molecule has 1 aromatic carbocycles. The minimum Gasteiger partial charge on any atom is -0.462 e. The first-order valence-corrected chi connectivity index (χ1v) is 10.4. The van der Waals surface area contributed by atoms with Crippen molar-refractivity contribution in [3.05, 3.63) is 58.7 Å². The number of carbonyl (C=O) groups excluding carboxylic acids is 1. The Balaban J connectivity index is 1.76. The van der Waals surface area contributed by atoms with Gasteiger partial charge in [-0.25, -0.2) is 9.78 Å². The fourth-order valence-corrected chi connectivity index (χ4v) is 4.38. The summed E-state index contributed by atoms with van der Waals surface area (Å²) in [5.41, 5.74) is 4.59. The highest BCUT2D eigenvalue weighted by Gasteiger charge is 2.21. The van der Waals surface area contributed by atoms with E-state index in [1.807, 2.05) is 55.5 Å². The third-order valence-corrected chi connectivity index (χ3v) is 5.64. The van der Waals surface area contributed by atoms with E-state index in [-0.39, 0.29) is 5.97 Å². The summed E-state index contributed by atoms with van der Waals surface area (Å²) in [6.07, 6.45) is 0. The van der Waals surface area contributed by atoms with Crippen LogP contribution in [0.5, 0.6) is 0 Å². The van der Waals surface area contributed by atoms with Gasteiger partial charge in [-0.1, -0.05) is 30.0 Å². The number of carbonyl (C=O) groups is 1. The van der Waals surface area contributed by atoms with Gasteiger partial charge < -0.3 is 4.74 Å². The molecule has 3 heterocycles. The normalized spacial score (nSPS) is 11.3. The van der Waals surface area contributed by atoms with Crippen LogP contribution in [0.2, 0.25) is 0 Å². The molecule has 8 heteroatoms. The number of fused-ring (bicyclic) bond motifs is 2. The largest absolute Gasteiger partial charge is 0.462 e. The molecule has 4 rings (SSSR count). The van der Waals surface area contributed by atoms with E-state index in [1.165, 1.54) is 11.8 Å². The number of thioether (sulfide) groups is 1. The van der Waals surface area contributed by atoms with Crippen LogP contribution >= 0.6 is 11.8 Å². The molecule has 0 unspecified atom stereocenters. The fourth-order valence-electron chi connectivity index (χ4n) is 3.45. The predicted octanol–water partition coefficient (Wildman–Crippen LogP) is 4.07. The van der Waals surface area contributed by atoms with Crippen LogP contribution in [0, 0.1) is 20.8 Å². The summed E-state index contributed by atoms with van der Waals surface area (Å²) in [5.74, 6) is 0.938. The Bertz CT molecular complexity index is 1230. The summed E-state index contributed by atoms with van der Waals surface area (Å²) in [6, 6.07) is 9.71. The molecule has 0 saturated carbocycles. The SMILES string of the molecule is CCOC(=O)c1c(CSc2nnc3cc(C)nc(C)n23)nc2ccccc2c1C. The average Bonchev–Trinajstić information content (AvgIpc) is 3.09. The molecule has 0 fully saturated rings. The number of pyridine rings is 1. The highest BCUT2D eigenvalue weighted by atomic mass is 32.2. The summed E-state index contributed by atoms with van der Waals surface area (Å²) in [5, 5.41) is 10.2. The molecule has 0 aliphatic heterocycles. The second kappa shape index (κ2) is 7.79. The molecule has 148 valence electrons. The lowest BCUT2D eigenvalue weighted by Crippen LogP contribution is -2.12. The number of hydrogen-bond donors (Lipinski definition) is 0. The van der Waals surface area contributed by atoms with Gasteiger partial charge in [0, 0.05) is 22.9 Å². The number of rotatable bonds is 5. The van der Waals surface area contributed by atoms with Crippen molar-refractivity contribution in [1.82, 2.24) is 24.6 Å². The number of aromatic nitrogens is 5. The third kappa shape index (κ3) is 3.55. The minimum atomic E-state index is -0.349. The second-order valence-corrected chi connectivity index (χ2v) is 7.65. The van der Waals surface area contributed by atoms with E-state index in [4.69, 9.17) is 9.72 Å². The van der Waals surface area contributed by atoms with Gasteiger partial charge in [0.25, 0.3) is 0 Å². The molecule has 4 aromatic rings. The number of nitrogens with zero attached hydrogens (tertiary/aromatic N) is 5. The van der Waals surface area contributed by atoms with Crippen LogP contribution in [0.3, 0.4) is 0 Å². The van der Waals surface area contributed by atoms with E-state index >= 15 is 0 Å². The number of aryl methyl sites for hydroxylation is 3. The van der Waals surface area contributed by atoms with E-state index in [0.717, 1.165) is 33.6 Å². The van der Waals surface area contributed by atoms with Crippen molar-refractivity contribution in [3.63, 3.8) is 0 Å². The van der Waals surface area contributed by atoms with Crippen LogP contribution in [0.4, 0.5) is 0 Å². The Morgan fingerprint density at radius 1 is 1.14 bits per heavy atom. The molecule has 0 spiro atoms. The molecule has 29 heavy (non-hydrogen) atoms. The fraction of sp³-hybridized carbons (Fsp3) is 0.286. The van der Waals surface area contributed by atoms with Crippen molar-refractivity contribution in [2.75, 3.05) is 6.61 Å². The lowest BCUT2D eigenvalue weighted by Gasteiger charge is -2.13. The number of ether oxygens (including phenoxy) is 1. The molecule has 0 aliphatic rings. The Morgan fingerprint density at radius 2 is 1.93 bits per heavy atom. The molecular formula is C21H21N5O2S. The monoisotopic (exact) mass is 407 g/mol. The summed E-state index contributed by atoms with van der Waals surface area (Å²) >= 11 is 1.48. The van der Waals surface area contributed by atoms with Crippen molar-refractivity contribution < 1.29 is 9.53 Å². The Labute approximate surface area is 172 Å². The standard InChI is InChI=1S/C21H21N5O2S/c1-5-28-20(27)19-13(3)15-8-6-7-9-16(15)23-17(19)11-29-21-25-24-18-10-12(2)22-14(4)26(18)21/h6-10H,5,11H2,1-4H3. The smallest absolute Gasteiger partial charge is 0.340 e. The van der Waals surface area contributed by atoms with Gasteiger partial charge >= 0.3 is 5.97 Å². The zero-order chi connectivity index (χ0) is 20.5. The molecule has 0 bridgehead atoms. The topological polar surface area (TPSA) is 82.3 Å². The van der Waals surface area contributed by atoms with Crippen LogP contribution in [-0.2, 0) is 10.5 Å². The molecule has 0 amide bonds. The minimum absolute atomic E-state index is 0.316. The average molecular weight is 407 g/mol. The summed E-state index contributed by atoms with van der Waals surface area (Å²) in [4.78, 5) is 21.9. The number of para-hydroxylation sites is 1. The van der Waals surface area contributed by atoms with Gasteiger partial charge in [-0.3, -0.25) is 9.38 Å². The van der Waals surface area contributed by atoms with Gasteiger partial charge in [-0.05, 0) is 39.3 Å². The maximum Gasteiger partial charge on any atom is 0.340 e. The first-order valence-electron chi connectivity index (χ1n) is 9.37. The van der Waals surface area contributed by atoms with Crippen molar-refractivity contribution >= 4 is 34.3 Å². The quantitative estimate of drug-likeness (QED) is 0.364. The lowest BCUT2D eigenvalue weighted by atomic mass is 10.0. The molecule has 0 radical (unpaired) electrons. The molecule has 0 N–H and O–H groups in total. The van der Waals surface area contributed by atoms with E-state index in [9.17, 15) is 4.79 Å². The van der Waals surface area contributed by atoms with Crippen molar-refractivity contribution in [1.29, 1.82) is 0 Å². The second-order valence-electron chi connectivity index (χ2n) is 6.71. The maximum atomic E-state index is 12.7. The first kappa shape index (κ1) is 19.3. The zero-order valence-electron chi connectivity index (χ0n) is 16.8. The number of esters is 1. The van der Waals surface area contributed by atoms with E-state index in [1.54, 1.807) is 6.92 Å². The Hall–Kier alpha value is -3.00. The van der Waals surface area contributed by atoms with E-state index < -0.39 is 0 Å². The molecule has 3 aromatic heterocycles. The molecule has 0 saturated heterocycles. The number of hydrogen-bond acceptors (Lipinski definition) is 7. The highest BCUT2D eigenvalue weighted by molar-refractivity contribution is 7.98. The lowest BCUT2D eigenvalue weighted by molar-refractivity contribution is 0.0524. The van der Waals surface area contributed by atoms with Gasteiger partial charge in [0.1, 0.15) is 5.82 Å². The van der Waals surface area contributed by atoms with Gasteiger partial charge in [0.15, 0.2) is 10.8 Å².